The number of nitrogens with zero attached hydrogens (tertiary/aromatic N) is 2. The Morgan fingerprint density at radius 2 is 1.71 bits per heavy atom. The van der Waals surface area contributed by atoms with Gasteiger partial charge in [-0.1, -0.05) is 30.3 Å². The number of rotatable bonds is 7. The SMILES string of the molecule is CC(=O)NNC(=O)c1c(NC(=O)c2ccc(S(=O)(=O)N3COCC3(C)C)cc2)sc2c1CCN(Cc1ccccc1)C2. The number of ether oxygens (including phenoxy) is 1. The zero-order valence-electron chi connectivity index (χ0n) is 23.6. The van der Waals surface area contributed by atoms with Crippen LogP contribution in [0.25, 0.3) is 0 Å². The summed E-state index contributed by atoms with van der Waals surface area (Å²) in [5.74, 6) is -1.44. The summed E-state index contributed by atoms with van der Waals surface area (Å²) in [5, 5.41) is 3.21. The Hall–Kier alpha value is -3.62. The molecule has 2 aliphatic rings. The first-order chi connectivity index (χ1) is 20.0. The van der Waals surface area contributed by atoms with Gasteiger partial charge in [-0.3, -0.25) is 30.1 Å². The van der Waals surface area contributed by atoms with Crippen LogP contribution in [0, 0.1) is 0 Å². The molecule has 1 aromatic heterocycles. The van der Waals surface area contributed by atoms with Gasteiger partial charge in [0.1, 0.15) is 11.7 Å². The fourth-order valence-corrected chi connectivity index (χ4v) is 8.00. The summed E-state index contributed by atoms with van der Waals surface area (Å²) in [6.07, 6.45) is 0.598. The number of hydrogen-bond acceptors (Lipinski definition) is 8. The lowest BCUT2D eigenvalue weighted by Crippen LogP contribution is -2.44. The van der Waals surface area contributed by atoms with Crippen molar-refractivity contribution in [1.29, 1.82) is 0 Å². The maximum absolute atomic E-state index is 13.3. The molecule has 0 aliphatic carbocycles. The molecule has 1 saturated heterocycles. The number of nitrogens with one attached hydrogen (secondary N) is 3. The smallest absolute Gasteiger partial charge is 0.272 e. The second kappa shape index (κ2) is 11.9. The molecule has 3 heterocycles. The highest BCUT2D eigenvalue weighted by atomic mass is 32.2. The Balaban J connectivity index is 1.37. The molecule has 13 heteroatoms. The summed E-state index contributed by atoms with van der Waals surface area (Å²) >= 11 is 1.32. The highest BCUT2D eigenvalue weighted by Crippen LogP contribution is 2.38. The van der Waals surface area contributed by atoms with E-state index in [-0.39, 0.29) is 17.2 Å². The first-order valence-corrected chi connectivity index (χ1v) is 15.7. The van der Waals surface area contributed by atoms with Crippen molar-refractivity contribution in [3.05, 3.63) is 81.7 Å². The Labute approximate surface area is 248 Å². The second-order valence-corrected chi connectivity index (χ2v) is 13.9. The van der Waals surface area contributed by atoms with Gasteiger partial charge in [0, 0.05) is 37.0 Å². The Kier molecular flexibility index (Phi) is 8.49. The van der Waals surface area contributed by atoms with Gasteiger partial charge in [-0.2, -0.15) is 4.31 Å². The van der Waals surface area contributed by atoms with Crippen molar-refractivity contribution in [2.45, 2.75) is 50.7 Å². The van der Waals surface area contributed by atoms with Gasteiger partial charge in [-0.05, 0) is 55.7 Å². The zero-order chi connectivity index (χ0) is 30.1. The number of carbonyl (C=O) groups is 3. The van der Waals surface area contributed by atoms with Gasteiger partial charge in [0.2, 0.25) is 15.9 Å². The summed E-state index contributed by atoms with van der Waals surface area (Å²) < 4.78 is 33.0. The number of anilines is 1. The third-order valence-electron chi connectivity index (χ3n) is 7.23. The standard InChI is InChI=1S/C29H33N5O6S2/c1-19(35)31-32-27(37)25-23-13-14-33(15-20-7-5-4-6-8-20)16-24(23)41-28(25)30-26(36)21-9-11-22(12-10-21)42(38,39)34-18-40-17-29(34,2)3/h4-12H,13-18H2,1-3H3,(H,30,36)(H,31,35)(H,32,37). The van der Waals surface area contributed by atoms with Crippen LogP contribution in [0.1, 0.15) is 57.5 Å². The molecule has 2 aromatic carbocycles. The van der Waals surface area contributed by atoms with E-state index >= 15 is 0 Å². The molecule has 0 spiro atoms. The molecule has 0 unspecified atom stereocenters. The van der Waals surface area contributed by atoms with Crippen LogP contribution < -0.4 is 16.2 Å². The number of hydrogen-bond donors (Lipinski definition) is 3. The van der Waals surface area contributed by atoms with Gasteiger partial charge in [0.25, 0.3) is 11.8 Å². The lowest BCUT2D eigenvalue weighted by molar-refractivity contribution is -0.119. The molecule has 42 heavy (non-hydrogen) atoms. The molecule has 222 valence electrons. The minimum absolute atomic E-state index is 0.0350. The molecular formula is C29H33N5O6S2. The number of amides is 3. The molecule has 11 nitrogen and oxygen atoms in total. The molecule has 0 saturated carbocycles. The third kappa shape index (κ3) is 6.25. The Morgan fingerprint density at radius 3 is 2.36 bits per heavy atom. The van der Waals surface area contributed by atoms with Crippen molar-refractivity contribution in [1.82, 2.24) is 20.1 Å². The number of thiophene rings is 1. The Bertz CT molecular complexity index is 1600. The Morgan fingerprint density at radius 1 is 1.00 bits per heavy atom. The fourth-order valence-electron chi connectivity index (χ4n) is 5.07. The molecule has 0 bridgehead atoms. The monoisotopic (exact) mass is 611 g/mol. The number of sulfonamides is 1. The predicted octanol–water partition coefficient (Wildman–Crippen LogP) is 3.10. The lowest BCUT2D eigenvalue weighted by Gasteiger charge is -2.28. The zero-order valence-corrected chi connectivity index (χ0v) is 25.2. The number of fused-ring (bicyclic) bond motifs is 1. The first-order valence-electron chi connectivity index (χ1n) is 13.5. The van der Waals surface area contributed by atoms with Crippen LogP contribution in [0.4, 0.5) is 5.00 Å². The van der Waals surface area contributed by atoms with E-state index in [0.717, 1.165) is 23.5 Å². The average molecular weight is 612 g/mol. The molecule has 0 atom stereocenters. The van der Waals surface area contributed by atoms with Crippen LogP contribution in [0.15, 0.2) is 59.5 Å². The maximum Gasteiger partial charge on any atom is 0.272 e. The summed E-state index contributed by atoms with van der Waals surface area (Å²) in [6, 6.07) is 15.8. The van der Waals surface area contributed by atoms with Gasteiger partial charge >= 0.3 is 0 Å². The molecule has 2 aliphatic heterocycles. The predicted molar refractivity (Wildman–Crippen MR) is 158 cm³/mol. The molecule has 5 rings (SSSR count). The molecular weight excluding hydrogens is 578 g/mol. The van der Waals surface area contributed by atoms with E-state index in [4.69, 9.17) is 4.74 Å². The highest BCUT2D eigenvalue weighted by molar-refractivity contribution is 7.89. The summed E-state index contributed by atoms with van der Waals surface area (Å²) in [7, 11) is -3.82. The van der Waals surface area contributed by atoms with Crippen molar-refractivity contribution in [2.24, 2.45) is 0 Å². The number of carbonyl (C=O) groups excluding carboxylic acids is 3. The summed E-state index contributed by atoms with van der Waals surface area (Å²) in [4.78, 5) is 41.2. The van der Waals surface area contributed by atoms with Gasteiger partial charge in [0.15, 0.2) is 0 Å². The van der Waals surface area contributed by atoms with E-state index < -0.39 is 33.3 Å². The van der Waals surface area contributed by atoms with Crippen molar-refractivity contribution in [3.63, 3.8) is 0 Å². The summed E-state index contributed by atoms with van der Waals surface area (Å²) in [6.45, 7) is 7.21. The normalized spacial score (nSPS) is 16.9. The van der Waals surface area contributed by atoms with Crippen LogP contribution >= 0.6 is 11.3 Å². The third-order valence-corrected chi connectivity index (χ3v) is 10.4. The van der Waals surface area contributed by atoms with Gasteiger partial charge < -0.3 is 10.1 Å². The number of hydrazine groups is 1. The van der Waals surface area contributed by atoms with Gasteiger partial charge in [-0.25, -0.2) is 8.42 Å². The maximum atomic E-state index is 13.3. The van der Waals surface area contributed by atoms with Crippen molar-refractivity contribution >= 4 is 44.1 Å². The van der Waals surface area contributed by atoms with E-state index in [2.05, 4.69) is 33.2 Å². The topological polar surface area (TPSA) is 137 Å². The number of benzene rings is 2. The minimum Gasteiger partial charge on any atom is -0.363 e. The van der Waals surface area contributed by atoms with Crippen LogP contribution in [0.5, 0.6) is 0 Å². The van der Waals surface area contributed by atoms with E-state index in [1.165, 1.54) is 52.4 Å². The van der Waals surface area contributed by atoms with Crippen molar-refractivity contribution < 1.29 is 27.5 Å². The highest BCUT2D eigenvalue weighted by Gasteiger charge is 2.42. The van der Waals surface area contributed by atoms with Crippen molar-refractivity contribution in [2.75, 3.05) is 25.2 Å². The minimum atomic E-state index is -3.82. The van der Waals surface area contributed by atoms with Crippen LogP contribution in [0.2, 0.25) is 0 Å². The first kappa shape index (κ1) is 29.9. The quantitative estimate of drug-likeness (QED) is 0.349. The molecule has 3 N–H and O–H groups in total. The van der Waals surface area contributed by atoms with E-state index in [9.17, 15) is 22.8 Å². The van der Waals surface area contributed by atoms with Gasteiger partial charge in [0.05, 0.1) is 22.6 Å². The van der Waals surface area contributed by atoms with Crippen LogP contribution in [-0.4, -0.2) is 60.8 Å². The van der Waals surface area contributed by atoms with Crippen molar-refractivity contribution in [3.8, 4) is 0 Å². The van der Waals surface area contributed by atoms with E-state index in [1.807, 2.05) is 18.2 Å². The molecule has 3 amide bonds. The van der Waals surface area contributed by atoms with Crippen LogP contribution in [-0.2, 0) is 39.1 Å². The molecule has 0 radical (unpaired) electrons. The average Bonchev–Trinajstić information content (AvgIpc) is 3.51. The molecule has 1 fully saturated rings. The largest absolute Gasteiger partial charge is 0.363 e. The van der Waals surface area contributed by atoms with E-state index in [1.54, 1.807) is 13.8 Å². The molecule has 3 aromatic rings. The van der Waals surface area contributed by atoms with Crippen LogP contribution in [0.3, 0.4) is 0 Å². The summed E-state index contributed by atoms with van der Waals surface area (Å²) in [5.41, 5.74) is 6.61. The van der Waals surface area contributed by atoms with Gasteiger partial charge in [-0.15, -0.1) is 11.3 Å². The fraction of sp³-hybridized carbons (Fsp3) is 0.345. The lowest BCUT2D eigenvalue weighted by atomic mass is 10.0. The van der Waals surface area contributed by atoms with E-state index in [0.29, 0.717) is 30.1 Å². The second-order valence-electron chi connectivity index (χ2n) is 10.9.